The van der Waals surface area contributed by atoms with E-state index in [0.29, 0.717) is 0 Å². The molecular formula is C13H13NO. The first-order valence-corrected chi connectivity index (χ1v) is 4.94. The molecule has 2 aromatic rings. The summed E-state index contributed by atoms with van der Waals surface area (Å²) in [6, 6.07) is 9.93. The molecule has 2 heteroatoms. The largest absolute Gasteiger partial charge is 0.364 e. The zero-order valence-corrected chi connectivity index (χ0v) is 8.87. The van der Waals surface area contributed by atoms with Crippen LogP contribution in [0.25, 0.3) is 11.1 Å². The molecule has 2 rings (SSSR count). The minimum absolute atomic E-state index is 0.104. The smallest absolute Gasteiger partial charge is 0.162 e. The van der Waals surface area contributed by atoms with Crippen molar-refractivity contribution in [2.24, 2.45) is 0 Å². The van der Waals surface area contributed by atoms with Crippen molar-refractivity contribution in [2.75, 3.05) is 0 Å². The number of Topliss-reactive ketones (excluding diaryl/α,β-unsaturated/α-hetero) is 1. The number of ketones is 1. The molecule has 1 aromatic carbocycles. The topological polar surface area (TPSA) is 32.9 Å². The molecule has 0 amide bonds. The maximum atomic E-state index is 11.5. The number of hydrogen-bond donors (Lipinski definition) is 1. The second-order valence-corrected chi connectivity index (χ2v) is 3.62. The van der Waals surface area contributed by atoms with Gasteiger partial charge in [0.05, 0.1) is 0 Å². The lowest BCUT2D eigenvalue weighted by molar-refractivity contribution is 0.101. The molecule has 0 radical (unpaired) electrons. The predicted octanol–water partition coefficient (Wildman–Crippen LogP) is 3.19. The van der Waals surface area contributed by atoms with Gasteiger partial charge in [0.15, 0.2) is 5.78 Å². The summed E-state index contributed by atoms with van der Waals surface area (Å²) in [5.74, 6) is 0.104. The molecule has 0 aliphatic heterocycles. The number of aryl methyl sites for hydroxylation is 1. The van der Waals surface area contributed by atoms with Gasteiger partial charge in [0.25, 0.3) is 0 Å². The number of aromatic amines is 1. The average Bonchev–Trinajstić information content (AvgIpc) is 2.61. The van der Waals surface area contributed by atoms with Crippen molar-refractivity contribution >= 4 is 5.78 Å². The number of nitrogens with one attached hydrogen (secondary N) is 1. The highest BCUT2D eigenvalue weighted by Crippen LogP contribution is 2.25. The Balaban J connectivity index is 2.59. The summed E-state index contributed by atoms with van der Waals surface area (Å²) < 4.78 is 0. The molecule has 0 unspecified atom stereocenters. The molecule has 0 fully saturated rings. The molecule has 0 saturated heterocycles. The summed E-state index contributed by atoms with van der Waals surface area (Å²) in [7, 11) is 0. The number of rotatable bonds is 2. The third-order valence-electron chi connectivity index (χ3n) is 2.51. The molecule has 2 nitrogen and oxygen atoms in total. The third kappa shape index (κ3) is 1.71. The Morgan fingerprint density at radius 2 is 1.87 bits per heavy atom. The number of carbonyl (C=O) groups is 1. The van der Waals surface area contributed by atoms with Crippen molar-refractivity contribution < 1.29 is 4.79 Å². The van der Waals surface area contributed by atoms with Crippen molar-refractivity contribution in [1.82, 2.24) is 4.98 Å². The highest BCUT2D eigenvalue weighted by Gasteiger charge is 2.13. The molecule has 15 heavy (non-hydrogen) atoms. The summed E-state index contributed by atoms with van der Waals surface area (Å²) in [6.07, 6.45) is 1.89. The van der Waals surface area contributed by atoms with Crippen LogP contribution in [0.5, 0.6) is 0 Å². The number of benzene rings is 1. The number of hydrogen-bond acceptors (Lipinski definition) is 1. The Morgan fingerprint density at radius 3 is 2.47 bits per heavy atom. The van der Waals surface area contributed by atoms with Crippen LogP contribution in [-0.4, -0.2) is 10.8 Å². The first-order chi connectivity index (χ1) is 7.20. The van der Waals surface area contributed by atoms with Gasteiger partial charge in [0.1, 0.15) is 0 Å². The first-order valence-electron chi connectivity index (χ1n) is 4.94. The van der Waals surface area contributed by atoms with Gasteiger partial charge in [-0.3, -0.25) is 4.79 Å². The molecule has 1 N–H and O–H groups in total. The fraction of sp³-hybridized carbons (Fsp3) is 0.154. The maximum absolute atomic E-state index is 11.5. The van der Waals surface area contributed by atoms with Crippen LogP contribution in [0.1, 0.15) is 23.0 Å². The number of carbonyl (C=O) groups excluding carboxylic acids is 1. The zero-order valence-electron chi connectivity index (χ0n) is 8.87. The minimum Gasteiger partial charge on any atom is -0.364 e. The van der Waals surface area contributed by atoms with Gasteiger partial charge in [0.2, 0.25) is 0 Å². The summed E-state index contributed by atoms with van der Waals surface area (Å²) in [4.78, 5) is 14.6. The molecule has 0 aliphatic carbocycles. The van der Waals surface area contributed by atoms with Gasteiger partial charge in [-0.2, -0.15) is 0 Å². The Bertz CT molecular complexity index is 482. The number of aromatic nitrogens is 1. The SMILES string of the molecule is CC(=O)c1c(-c2ccccc2)c[nH]c1C. The average molecular weight is 199 g/mol. The second-order valence-electron chi connectivity index (χ2n) is 3.62. The summed E-state index contributed by atoms with van der Waals surface area (Å²) in [5.41, 5.74) is 3.79. The Hall–Kier alpha value is -1.83. The molecule has 1 aromatic heterocycles. The zero-order chi connectivity index (χ0) is 10.8. The van der Waals surface area contributed by atoms with Crippen LogP contribution >= 0.6 is 0 Å². The molecule has 0 spiro atoms. The van der Waals surface area contributed by atoms with E-state index >= 15 is 0 Å². The van der Waals surface area contributed by atoms with Gasteiger partial charge in [-0.1, -0.05) is 30.3 Å². The van der Waals surface area contributed by atoms with E-state index in [4.69, 9.17) is 0 Å². The van der Waals surface area contributed by atoms with Crippen molar-refractivity contribution in [3.8, 4) is 11.1 Å². The third-order valence-corrected chi connectivity index (χ3v) is 2.51. The summed E-state index contributed by atoms with van der Waals surface area (Å²) >= 11 is 0. The molecular weight excluding hydrogens is 186 g/mol. The van der Waals surface area contributed by atoms with E-state index in [1.54, 1.807) is 6.92 Å². The molecule has 0 aliphatic rings. The predicted molar refractivity (Wildman–Crippen MR) is 61.0 cm³/mol. The van der Waals surface area contributed by atoms with Gasteiger partial charge in [-0.15, -0.1) is 0 Å². The lowest BCUT2D eigenvalue weighted by Crippen LogP contribution is -1.95. The van der Waals surface area contributed by atoms with E-state index < -0.39 is 0 Å². The van der Waals surface area contributed by atoms with E-state index in [1.807, 2.05) is 43.5 Å². The molecule has 0 atom stereocenters. The van der Waals surface area contributed by atoms with Gasteiger partial charge < -0.3 is 4.98 Å². The minimum atomic E-state index is 0.104. The van der Waals surface area contributed by atoms with E-state index in [9.17, 15) is 4.79 Å². The van der Waals surface area contributed by atoms with E-state index in [1.165, 1.54) is 0 Å². The lowest BCUT2D eigenvalue weighted by atomic mass is 10.0. The number of H-pyrrole nitrogens is 1. The van der Waals surface area contributed by atoms with Crippen molar-refractivity contribution in [1.29, 1.82) is 0 Å². The van der Waals surface area contributed by atoms with Crippen LogP contribution < -0.4 is 0 Å². The lowest BCUT2D eigenvalue weighted by Gasteiger charge is -2.01. The highest BCUT2D eigenvalue weighted by atomic mass is 16.1. The van der Waals surface area contributed by atoms with Gasteiger partial charge in [-0.05, 0) is 19.4 Å². The monoisotopic (exact) mass is 199 g/mol. The summed E-state index contributed by atoms with van der Waals surface area (Å²) in [5, 5.41) is 0. The quantitative estimate of drug-likeness (QED) is 0.740. The molecule has 0 saturated carbocycles. The van der Waals surface area contributed by atoms with Gasteiger partial charge in [-0.25, -0.2) is 0 Å². The fourth-order valence-corrected chi connectivity index (χ4v) is 1.83. The van der Waals surface area contributed by atoms with Crippen molar-refractivity contribution in [3.63, 3.8) is 0 Å². The fourth-order valence-electron chi connectivity index (χ4n) is 1.83. The normalized spacial score (nSPS) is 10.3. The Kier molecular flexibility index (Phi) is 2.42. The van der Waals surface area contributed by atoms with Crippen molar-refractivity contribution in [2.45, 2.75) is 13.8 Å². The van der Waals surface area contributed by atoms with Gasteiger partial charge in [0, 0.05) is 23.0 Å². The van der Waals surface area contributed by atoms with Crippen LogP contribution in [0.3, 0.4) is 0 Å². The van der Waals surface area contributed by atoms with Crippen LogP contribution in [0, 0.1) is 6.92 Å². The van der Waals surface area contributed by atoms with Crippen LogP contribution in [0.2, 0.25) is 0 Å². The molecule has 76 valence electrons. The van der Waals surface area contributed by atoms with E-state index in [-0.39, 0.29) is 5.78 Å². The molecule has 0 bridgehead atoms. The first kappa shape index (κ1) is 9.71. The second kappa shape index (κ2) is 3.73. The van der Waals surface area contributed by atoms with Crippen LogP contribution in [-0.2, 0) is 0 Å². The Morgan fingerprint density at radius 1 is 1.20 bits per heavy atom. The van der Waals surface area contributed by atoms with Gasteiger partial charge >= 0.3 is 0 Å². The van der Waals surface area contributed by atoms with E-state index in [2.05, 4.69) is 4.98 Å². The Labute approximate surface area is 89.0 Å². The standard InChI is InChI=1S/C13H13NO/c1-9-13(10(2)15)12(8-14-9)11-6-4-3-5-7-11/h3-8,14H,1-2H3. The maximum Gasteiger partial charge on any atom is 0.162 e. The van der Waals surface area contributed by atoms with Crippen molar-refractivity contribution in [3.05, 3.63) is 47.8 Å². The molecule has 1 heterocycles. The summed E-state index contributed by atoms with van der Waals surface area (Å²) in [6.45, 7) is 3.52. The van der Waals surface area contributed by atoms with E-state index in [0.717, 1.165) is 22.4 Å². The highest BCUT2D eigenvalue weighted by molar-refractivity contribution is 6.02. The van der Waals surface area contributed by atoms with Crippen LogP contribution in [0.4, 0.5) is 0 Å². The van der Waals surface area contributed by atoms with Crippen LogP contribution in [0.15, 0.2) is 36.5 Å².